The maximum Gasteiger partial charge on any atom is 0.316 e. The Hall–Kier alpha value is -2.90. The number of piperidine rings is 1. The summed E-state index contributed by atoms with van der Waals surface area (Å²) < 4.78 is 6.32. The van der Waals surface area contributed by atoms with Gasteiger partial charge in [-0.2, -0.15) is 9.97 Å². The van der Waals surface area contributed by atoms with Crippen molar-refractivity contribution in [1.82, 2.24) is 20.2 Å². The molecule has 7 rings (SSSR count). The Morgan fingerprint density at radius 2 is 1.89 bits per heavy atom. The predicted octanol–water partition coefficient (Wildman–Crippen LogP) is 4.37. The van der Waals surface area contributed by atoms with Crippen LogP contribution in [0.25, 0.3) is 10.8 Å². The van der Waals surface area contributed by atoms with Gasteiger partial charge in [-0.1, -0.05) is 24.3 Å². The van der Waals surface area contributed by atoms with Gasteiger partial charge in [-0.3, -0.25) is 0 Å². The Kier molecular flexibility index (Phi) is 5.93. The fraction of sp³-hybridized carbons (Fsp3) is 0.533. The Morgan fingerprint density at radius 1 is 1.05 bits per heavy atom. The lowest BCUT2D eigenvalue weighted by Gasteiger charge is -2.35. The number of aromatic hydroxyl groups is 1. The standard InChI is InChI=1S/C30H37N5O2/c1-34-11-4-6-23(34)18-37-30-32-27-17-35(28-16-24(36)15-19-5-2-3-7-25(19)28)12-10-26(27)29(33-30)20-13-21-8-9-22(14-20)31-21/h2-3,5,7,15-16,20-23,31,36H,4,6,8-14,17-18H2,1H3/t20?,21?,22?,23-/m0/s1. The molecule has 2 unspecified atom stereocenters. The van der Waals surface area contributed by atoms with Gasteiger partial charge in [-0.25, -0.2) is 0 Å². The smallest absolute Gasteiger partial charge is 0.316 e. The van der Waals surface area contributed by atoms with Crippen LogP contribution in [0.2, 0.25) is 0 Å². The van der Waals surface area contributed by atoms with Gasteiger partial charge in [0.15, 0.2) is 0 Å². The lowest BCUT2D eigenvalue weighted by molar-refractivity contribution is 0.186. The van der Waals surface area contributed by atoms with Crippen LogP contribution in [0, 0.1) is 0 Å². The molecule has 3 saturated heterocycles. The van der Waals surface area contributed by atoms with Gasteiger partial charge in [-0.05, 0) is 75.6 Å². The van der Waals surface area contributed by atoms with Crippen LogP contribution in [0.3, 0.4) is 0 Å². The van der Waals surface area contributed by atoms with Gasteiger partial charge in [-0.15, -0.1) is 0 Å². The molecule has 2 bridgehead atoms. The lowest BCUT2D eigenvalue weighted by atomic mass is 9.85. The Balaban J connectivity index is 1.23. The third-order valence-electron chi connectivity index (χ3n) is 9.18. The van der Waals surface area contributed by atoms with Crippen molar-refractivity contribution in [3.8, 4) is 11.8 Å². The molecule has 2 aromatic carbocycles. The van der Waals surface area contributed by atoms with E-state index in [0.717, 1.165) is 54.5 Å². The molecule has 4 aliphatic rings. The first kappa shape index (κ1) is 23.2. The van der Waals surface area contributed by atoms with Crippen LogP contribution in [-0.4, -0.2) is 64.8 Å². The van der Waals surface area contributed by atoms with Crippen molar-refractivity contribution in [2.75, 3.05) is 31.6 Å². The van der Waals surface area contributed by atoms with Crippen LogP contribution in [0.5, 0.6) is 11.8 Å². The van der Waals surface area contributed by atoms with Gasteiger partial charge in [0.05, 0.1) is 17.9 Å². The Labute approximate surface area is 218 Å². The van der Waals surface area contributed by atoms with Gasteiger partial charge in [0.25, 0.3) is 0 Å². The van der Waals surface area contributed by atoms with E-state index in [9.17, 15) is 5.11 Å². The Bertz CT molecular complexity index is 1300. The molecular formula is C30H37N5O2. The first-order valence-corrected chi connectivity index (χ1v) is 14.1. The van der Waals surface area contributed by atoms with Gasteiger partial charge >= 0.3 is 6.01 Å². The predicted molar refractivity (Wildman–Crippen MR) is 145 cm³/mol. The zero-order valence-corrected chi connectivity index (χ0v) is 21.7. The highest BCUT2D eigenvalue weighted by Gasteiger charge is 2.37. The molecule has 1 aromatic heterocycles. The summed E-state index contributed by atoms with van der Waals surface area (Å²) in [6.45, 7) is 3.37. The van der Waals surface area contributed by atoms with E-state index in [2.05, 4.69) is 40.4 Å². The average molecular weight is 500 g/mol. The first-order chi connectivity index (χ1) is 18.1. The molecule has 0 saturated carbocycles. The molecule has 7 nitrogen and oxygen atoms in total. The third kappa shape index (κ3) is 4.42. The molecule has 194 valence electrons. The number of anilines is 1. The Morgan fingerprint density at radius 3 is 2.70 bits per heavy atom. The van der Waals surface area contributed by atoms with Crippen molar-refractivity contribution in [2.45, 2.75) is 75.5 Å². The fourth-order valence-electron chi connectivity index (χ4n) is 7.22. The highest BCUT2D eigenvalue weighted by Crippen LogP contribution is 2.41. The summed E-state index contributed by atoms with van der Waals surface area (Å²) in [5, 5.41) is 16.5. The number of hydrogen-bond donors (Lipinski definition) is 2. The topological polar surface area (TPSA) is 73.8 Å². The quantitative estimate of drug-likeness (QED) is 0.540. The molecule has 5 heterocycles. The molecular weight excluding hydrogens is 462 g/mol. The molecule has 3 aromatic rings. The average Bonchev–Trinajstić information content (AvgIpc) is 3.49. The van der Waals surface area contributed by atoms with Crippen molar-refractivity contribution in [1.29, 1.82) is 0 Å². The molecule has 3 fully saturated rings. The molecule has 0 spiro atoms. The lowest BCUT2D eigenvalue weighted by Crippen LogP contribution is -2.39. The van der Waals surface area contributed by atoms with E-state index in [0.29, 0.717) is 49.0 Å². The van der Waals surface area contributed by atoms with E-state index in [1.165, 1.54) is 36.9 Å². The molecule has 0 aliphatic carbocycles. The van der Waals surface area contributed by atoms with Crippen molar-refractivity contribution in [2.24, 2.45) is 0 Å². The summed E-state index contributed by atoms with van der Waals surface area (Å²) in [6.07, 6.45) is 8.20. The van der Waals surface area contributed by atoms with E-state index < -0.39 is 0 Å². The minimum Gasteiger partial charge on any atom is -0.508 e. The van der Waals surface area contributed by atoms with Crippen LogP contribution in [-0.2, 0) is 13.0 Å². The SMILES string of the molecule is CN1CCC[C@H]1COc1nc2c(c(C3CC4CCC(C3)N4)n1)CCN(c1cc(O)cc3ccccc13)C2. The van der Waals surface area contributed by atoms with E-state index >= 15 is 0 Å². The monoisotopic (exact) mass is 499 g/mol. The second-order valence-electron chi connectivity index (χ2n) is 11.6. The zero-order valence-electron chi connectivity index (χ0n) is 21.7. The summed E-state index contributed by atoms with van der Waals surface area (Å²) in [4.78, 5) is 14.9. The van der Waals surface area contributed by atoms with E-state index in [1.54, 1.807) is 0 Å². The van der Waals surface area contributed by atoms with E-state index in [4.69, 9.17) is 14.7 Å². The summed E-state index contributed by atoms with van der Waals surface area (Å²) >= 11 is 0. The van der Waals surface area contributed by atoms with E-state index in [1.807, 2.05) is 18.2 Å². The van der Waals surface area contributed by atoms with Gasteiger partial charge in [0, 0.05) is 47.7 Å². The van der Waals surface area contributed by atoms with E-state index in [-0.39, 0.29) is 0 Å². The summed E-state index contributed by atoms with van der Waals surface area (Å²) in [5.74, 6) is 0.776. The number of fused-ring (bicyclic) bond motifs is 4. The number of likely N-dealkylation sites (tertiary alicyclic amines) is 1. The minimum absolute atomic E-state index is 0.303. The molecule has 2 N–H and O–H groups in total. The number of nitrogens with zero attached hydrogens (tertiary/aromatic N) is 4. The highest BCUT2D eigenvalue weighted by atomic mass is 16.5. The normalized spacial score (nSPS) is 27.5. The zero-order chi connectivity index (χ0) is 24.9. The van der Waals surface area contributed by atoms with Crippen molar-refractivity contribution in [3.05, 3.63) is 53.3 Å². The maximum atomic E-state index is 10.5. The summed E-state index contributed by atoms with van der Waals surface area (Å²) in [7, 11) is 2.18. The number of phenols is 1. The summed E-state index contributed by atoms with van der Waals surface area (Å²) in [6, 6.07) is 14.2. The molecule has 0 amide bonds. The first-order valence-electron chi connectivity index (χ1n) is 14.1. The van der Waals surface area contributed by atoms with Crippen molar-refractivity contribution < 1.29 is 9.84 Å². The number of phenolic OH excluding ortho intramolecular Hbond substituents is 1. The number of likely N-dealkylation sites (N-methyl/N-ethyl adjacent to an activating group) is 1. The molecule has 37 heavy (non-hydrogen) atoms. The number of ether oxygens (including phenoxy) is 1. The highest BCUT2D eigenvalue weighted by molar-refractivity contribution is 5.95. The molecule has 4 aliphatic heterocycles. The van der Waals surface area contributed by atoms with Crippen LogP contribution >= 0.6 is 0 Å². The largest absolute Gasteiger partial charge is 0.508 e. The fourth-order valence-corrected chi connectivity index (χ4v) is 7.22. The van der Waals surface area contributed by atoms with Crippen LogP contribution in [0.4, 0.5) is 5.69 Å². The molecule has 7 heteroatoms. The number of aromatic nitrogens is 2. The third-order valence-corrected chi connectivity index (χ3v) is 9.18. The van der Waals surface area contributed by atoms with Crippen LogP contribution in [0.15, 0.2) is 36.4 Å². The second-order valence-corrected chi connectivity index (χ2v) is 11.6. The number of benzene rings is 2. The van der Waals surface area contributed by atoms with Crippen LogP contribution in [0.1, 0.15) is 61.4 Å². The molecule has 0 radical (unpaired) electrons. The maximum absolute atomic E-state index is 10.5. The van der Waals surface area contributed by atoms with Crippen molar-refractivity contribution in [3.63, 3.8) is 0 Å². The van der Waals surface area contributed by atoms with Crippen LogP contribution < -0.4 is 15.0 Å². The second kappa shape index (κ2) is 9.44. The van der Waals surface area contributed by atoms with Gasteiger partial charge in [0.2, 0.25) is 0 Å². The minimum atomic E-state index is 0.303. The number of rotatable bonds is 5. The molecule has 3 atom stereocenters. The van der Waals surface area contributed by atoms with Gasteiger partial charge < -0.3 is 25.0 Å². The number of nitrogens with one attached hydrogen (secondary N) is 1. The summed E-state index contributed by atoms with van der Waals surface area (Å²) in [5.41, 5.74) is 4.72. The number of hydrogen-bond acceptors (Lipinski definition) is 7. The van der Waals surface area contributed by atoms with Crippen molar-refractivity contribution >= 4 is 16.5 Å². The van der Waals surface area contributed by atoms with Gasteiger partial charge in [0.1, 0.15) is 12.4 Å².